The van der Waals surface area contributed by atoms with Gasteiger partial charge < -0.3 is 14.2 Å². The lowest BCUT2D eigenvalue weighted by molar-refractivity contribution is -0.148. The number of hydrogen-bond donors (Lipinski definition) is 0. The fourth-order valence-corrected chi connectivity index (χ4v) is 4.45. The van der Waals surface area contributed by atoms with E-state index >= 15 is 0 Å². The number of carbonyl (C=O) groups is 1. The quantitative estimate of drug-likeness (QED) is 0.172. The number of rotatable bonds is 9. The number of carbonyl (C=O) groups excluding carboxylic acids is 1. The molecular weight excluding hydrogens is 629 g/mol. The smallest absolute Gasteiger partial charge is 0.346 e. The summed E-state index contributed by atoms with van der Waals surface area (Å²) in [7, 11) is 1.31. The van der Waals surface area contributed by atoms with Crippen LogP contribution < -0.4 is 15.0 Å². The summed E-state index contributed by atoms with van der Waals surface area (Å²) >= 11 is 5.54. The first-order valence-electron chi connectivity index (χ1n) is 11.2. The van der Waals surface area contributed by atoms with Crippen LogP contribution in [-0.2, 0) is 9.53 Å². The number of methoxy groups -OCH3 is 1. The highest BCUT2D eigenvalue weighted by molar-refractivity contribution is 14.1. The van der Waals surface area contributed by atoms with Crippen molar-refractivity contribution in [1.29, 1.82) is 0 Å². The largest absolute Gasteiger partial charge is 0.490 e. The molecule has 0 saturated carbocycles. The van der Waals surface area contributed by atoms with E-state index in [1.807, 2.05) is 39.0 Å². The van der Waals surface area contributed by atoms with Gasteiger partial charge in [-0.1, -0.05) is 29.8 Å². The summed E-state index contributed by atoms with van der Waals surface area (Å²) in [5.41, 5.74) is 1.09. The lowest BCUT2D eigenvalue weighted by atomic mass is 10.1. The highest BCUT2D eigenvalue weighted by atomic mass is 127. The number of nitrogens with zero attached hydrogens (tertiary/aromatic N) is 3. The predicted octanol–water partition coefficient (Wildman–Crippen LogP) is 5.50. The van der Waals surface area contributed by atoms with Crippen LogP contribution in [0.2, 0.25) is 0 Å². The van der Waals surface area contributed by atoms with Gasteiger partial charge in [-0.05, 0) is 78.8 Å². The third-order valence-corrected chi connectivity index (χ3v) is 6.66. The van der Waals surface area contributed by atoms with Gasteiger partial charge in [0.15, 0.2) is 17.6 Å². The standard InChI is InChI=1S/C25H27BrIN3O5/c1-6-14(3)23-29-20-9-8-17(26)12-18(20)24(31)30(23)28-13-16-10-19(27)22(21(11-16)34-7-2)35-15(4)25(32)33-5/h8-15H,6-7H2,1-5H3/t14-,15+/m0/s1. The molecule has 10 heteroatoms. The van der Waals surface area contributed by atoms with E-state index in [0.717, 1.165) is 14.5 Å². The number of ether oxygens (including phenoxy) is 3. The van der Waals surface area contributed by atoms with Gasteiger partial charge in [0, 0.05) is 10.4 Å². The lowest BCUT2D eigenvalue weighted by Gasteiger charge is -2.18. The zero-order chi connectivity index (χ0) is 25.7. The zero-order valence-electron chi connectivity index (χ0n) is 20.2. The van der Waals surface area contributed by atoms with E-state index in [4.69, 9.17) is 19.2 Å². The van der Waals surface area contributed by atoms with Crippen LogP contribution in [0.15, 0.2) is 44.7 Å². The maximum Gasteiger partial charge on any atom is 0.346 e. The zero-order valence-corrected chi connectivity index (χ0v) is 23.9. The van der Waals surface area contributed by atoms with E-state index in [9.17, 15) is 9.59 Å². The first-order valence-corrected chi connectivity index (χ1v) is 13.0. The minimum absolute atomic E-state index is 0.0302. The Hall–Kier alpha value is -2.47. The number of hydrogen-bond acceptors (Lipinski definition) is 7. The lowest BCUT2D eigenvalue weighted by Crippen LogP contribution is -2.25. The predicted molar refractivity (Wildman–Crippen MR) is 148 cm³/mol. The fraction of sp³-hybridized carbons (Fsp3) is 0.360. The van der Waals surface area contributed by atoms with Crippen molar-refractivity contribution in [2.75, 3.05) is 13.7 Å². The fourth-order valence-electron chi connectivity index (χ4n) is 3.33. The van der Waals surface area contributed by atoms with E-state index in [-0.39, 0.29) is 11.5 Å². The van der Waals surface area contributed by atoms with Gasteiger partial charge in [-0.15, -0.1) is 0 Å². The van der Waals surface area contributed by atoms with Crippen LogP contribution in [0.4, 0.5) is 0 Å². The Morgan fingerprint density at radius 1 is 1.26 bits per heavy atom. The SMILES string of the molecule is CCOc1cc(C=Nn2c([C@@H](C)CC)nc3ccc(Br)cc3c2=O)cc(I)c1O[C@H](C)C(=O)OC. The van der Waals surface area contributed by atoms with E-state index in [1.165, 1.54) is 11.8 Å². The number of esters is 1. The summed E-state index contributed by atoms with van der Waals surface area (Å²) in [5, 5.41) is 5.01. The van der Waals surface area contributed by atoms with Gasteiger partial charge in [-0.2, -0.15) is 9.78 Å². The van der Waals surface area contributed by atoms with Crippen LogP contribution in [0.1, 0.15) is 51.4 Å². The maximum absolute atomic E-state index is 13.3. The molecule has 0 saturated heterocycles. The second-order valence-corrected chi connectivity index (χ2v) is 9.93. The van der Waals surface area contributed by atoms with Crippen molar-refractivity contribution in [2.24, 2.45) is 5.10 Å². The summed E-state index contributed by atoms with van der Waals surface area (Å²) in [6.07, 6.45) is 1.60. The monoisotopic (exact) mass is 655 g/mol. The minimum atomic E-state index is -0.799. The van der Waals surface area contributed by atoms with Crippen LogP contribution in [0.25, 0.3) is 10.9 Å². The van der Waals surface area contributed by atoms with E-state index in [0.29, 0.717) is 40.4 Å². The van der Waals surface area contributed by atoms with Crippen LogP contribution in [0.5, 0.6) is 11.5 Å². The van der Waals surface area contributed by atoms with Gasteiger partial charge in [0.2, 0.25) is 0 Å². The molecule has 0 amide bonds. The Morgan fingerprint density at radius 2 is 2.00 bits per heavy atom. The van der Waals surface area contributed by atoms with Crippen molar-refractivity contribution < 1.29 is 19.0 Å². The third-order valence-electron chi connectivity index (χ3n) is 5.37. The highest BCUT2D eigenvalue weighted by Gasteiger charge is 2.20. The molecule has 2 atom stereocenters. The van der Waals surface area contributed by atoms with Crippen molar-refractivity contribution >= 4 is 61.6 Å². The molecule has 0 unspecified atom stereocenters. The Kier molecular flexibility index (Phi) is 9.28. The van der Waals surface area contributed by atoms with Crippen molar-refractivity contribution in [3.05, 3.63) is 60.1 Å². The topological polar surface area (TPSA) is 92.0 Å². The van der Waals surface area contributed by atoms with Gasteiger partial charge in [0.05, 0.1) is 34.4 Å². The molecule has 0 aliphatic carbocycles. The third kappa shape index (κ3) is 6.21. The molecule has 3 aromatic rings. The van der Waals surface area contributed by atoms with Crippen LogP contribution >= 0.6 is 38.5 Å². The van der Waals surface area contributed by atoms with Gasteiger partial charge in [0.25, 0.3) is 5.56 Å². The van der Waals surface area contributed by atoms with Crippen molar-refractivity contribution in [1.82, 2.24) is 9.66 Å². The molecule has 0 N–H and O–H groups in total. The molecule has 186 valence electrons. The second kappa shape index (κ2) is 12.0. The molecule has 8 nitrogen and oxygen atoms in total. The molecule has 0 bridgehead atoms. The number of benzene rings is 2. The molecule has 1 heterocycles. The van der Waals surface area contributed by atoms with Gasteiger partial charge in [-0.25, -0.2) is 9.78 Å². The summed E-state index contributed by atoms with van der Waals surface area (Å²) in [6, 6.07) is 9.04. The molecule has 35 heavy (non-hydrogen) atoms. The van der Waals surface area contributed by atoms with Gasteiger partial charge in [0.1, 0.15) is 5.82 Å². The normalized spacial score (nSPS) is 13.1. The number of fused-ring (bicyclic) bond motifs is 1. The molecule has 1 aromatic heterocycles. The maximum atomic E-state index is 13.3. The van der Waals surface area contributed by atoms with E-state index < -0.39 is 12.1 Å². The molecular formula is C25H27BrIN3O5. The molecule has 3 rings (SSSR count). The average molecular weight is 656 g/mol. The Morgan fingerprint density at radius 3 is 2.66 bits per heavy atom. The first-order chi connectivity index (χ1) is 16.7. The number of halogens is 2. The average Bonchev–Trinajstić information content (AvgIpc) is 2.84. The van der Waals surface area contributed by atoms with E-state index in [1.54, 1.807) is 25.3 Å². The molecule has 2 aromatic carbocycles. The first kappa shape index (κ1) is 27.1. The van der Waals surface area contributed by atoms with Gasteiger partial charge >= 0.3 is 5.97 Å². The molecule has 0 aliphatic heterocycles. The second-order valence-electron chi connectivity index (χ2n) is 7.85. The summed E-state index contributed by atoms with van der Waals surface area (Å²) < 4.78 is 19.2. The summed E-state index contributed by atoms with van der Waals surface area (Å²) in [5.74, 6) is 1.04. The van der Waals surface area contributed by atoms with Crippen molar-refractivity contribution in [3.63, 3.8) is 0 Å². The highest BCUT2D eigenvalue weighted by Crippen LogP contribution is 2.35. The van der Waals surface area contributed by atoms with Crippen molar-refractivity contribution in [2.45, 2.75) is 46.1 Å². The summed E-state index contributed by atoms with van der Waals surface area (Å²) in [6.45, 7) is 7.93. The van der Waals surface area contributed by atoms with Crippen LogP contribution in [0.3, 0.4) is 0 Å². The van der Waals surface area contributed by atoms with Crippen LogP contribution in [-0.4, -0.2) is 41.7 Å². The van der Waals surface area contributed by atoms with E-state index in [2.05, 4.69) is 43.6 Å². The molecule has 0 aliphatic rings. The Balaban J connectivity index is 2.09. The van der Waals surface area contributed by atoms with Crippen molar-refractivity contribution in [3.8, 4) is 11.5 Å². The molecule has 0 spiro atoms. The Bertz CT molecular complexity index is 1320. The number of aromatic nitrogens is 2. The molecule has 0 radical (unpaired) electrons. The summed E-state index contributed by atoms with van der Waals surface area (Å²) in [4.78, 5) is 29.9. The molecule has 0 fully saturated rings. The minimum Gasteiger partial charge on any atom is -0.490 e. The Labute approximate surface area is 225 Å². The van der Waals surface area contributed by atoms with Gasteiger partial charge in [-0.3, -0.25) is 4.79 Å². The van der Waals surface area contributed by atoms with Crippen LogP contribution in [0, 0.1) is 3.57 Å².